The van der Waals surface area contributed by atoms with Gasteiger partial charge in [-0.3, -0.25) is 0 Å². The molecule has 0 spiro atoms. The highest BCUT2D eigenvalue weighted by Crippen LogP contribution is 2.22. The molecular formula is C14H16O. The van der Waals surface area contributed by atoms with Gasteiger partial charge in [0.1, 0.15) is 0 Å². The second-order valence-electron chi connectivity index (χ2n) is 3.81. The lowest BCUT2D eigenvalue weighted by atomic mass is 9.97. The molecule has 0 bridgehead atoms. The highest BCUT2D eigenvalue weighted by Gasteiger charge is 2.01. The van der Waals surface area contributed by atoms with Crippen LogP contribution >= 0.6 is 0 Å². The summed E-state index contributed by atoms with van der Waals surface area (Å²) in [6.45, 7) is 0.221. The first-order valence-electron chi connectivity index (χ1n) is 5.47. The average Bonchev–Trinajstić information content (AvgIpc) is 2.31. The maximum Gasteiger partial charge on any atom is 0.0471 e. The first-order valence-corrected chi connectivity index (χ1v) is 5.47. The fourth-order valence-corrected chi connectivity index (χ4v) is 1.86. The van der Waals surface area contributed by atoms with Crippen molar-refractivity contribution in [2.75, 3.05) is 6.61 Å². The molecule has 1 aromatic carbocycles. The molecule has 0 heterocycles. The summed E-state index contributed by atoms with van der Waals surface area (Å²) < 4.78 is 0. The maximum atomic E-state index is 8.89. The van der Waals surface area contributed by atoms with Gasteiger partial charge in [-0.1, -0.05) is 42.5 Å². The Morgan fingerprint density at radius 2 is 2.13 bits per heavy atom. The number of hydrogen-bond acceptors (Lipinski definition) is 1. The van der Waals surface area contributed by atoms with Crippen molar-refractivity contribution in [1.29, 1.82) is 0 Å². The van der Waals surface area contributed by atoms with Crippen LogP contribution in [0.2, 0.25) is 0 Å². The molecule has 1 heteroatoms. The van der Waals surface area contributed by atoms with Crippen molar-refractivity contribution in [1.82, 2.24) is 0 Å². The van der Waals surface area contributed by atoms with Gasteiger partial charge < -0.3 is 5.11 Å². The number of benzene rings is 1. The third kappa shape index (κ3) is 2.57. The monoisotopic (exact) mass is 200 g/mol. The van der Waals surface area contributed by atoms with Crippen molar-refractivity contribution in [3.8, 4) is 0 Å². The second-order valence-corrected chi connectivity index (χ2v) is 3.81. The molecule has 0 aliphatic heterocycles. The Morgan fingerprint density at radius 1 is 1.20 bits per heavy atom. The van der Waals surface area contributed by atoms with Crippen molar-refractivity contribution in [2.24, 2.45) is 0 Å². The van der Waals surface area contributed by atoms with Crippen LogP contribution in [0.5, 0.6) is 0 Å². The number of allylic oxidation sites excluding steroid dienone is 4. The Morgan fingerprint density at radius 3 is 2.87 bits per heavy atom. The minimum atomic E-state index is 0.221. The molecule has 0 saturated heterocycles. The quantitative estimate of drug-likeness (QED) is 0.795. The summed E-state index contributed by atoms with van der Waals surface area (Å²) in [5.41, 5.74) is 3.77. The number of aliphatic hydroxyl groups excluding tert-OH is 1. The molecule has 15 heavy (non-hydrogen) atoms. The molecular weight excluding hydrogens is 184 g/mol. The predicted octanol–water partition coefficient (Wildman–Crippen LogP) is 2.95. The van der Waals surface area contributed by atoms with Gasteiger partial charge in [-0.25, -0.2) is 0 Å². The fourth-order valence-electron chi connectivity index (χ4n) is 1.86. The minimum absolute atomic E-state index is 0.221. The van der Waals surface area contributed by atoms with Gasteiger partial charge in [0, 0.05) is 6.61 Å². The number of aliphatic hydroxyl groups is 1. The molecule has 0 radical (unpaired) electrons. The lowest BCUT2D eigenvalue weighted by molar-refractivity contribution is 0.299. The Hall–Kier alpha value is -1.34. The van der Waals surface area contributed by atoms with E-state index < -0.39 is 0 Å². The van der Waals surface area contributed by atoms with Gasteiger partial charge in [0.05, 0.1) is 0 Å². The van der Waals surface area contributed by atoms with E-state index in [1.165, 1.54) is 16.7 Å². The standard InChI is InChI=1S/C14H16O/c15-10-9-12-5-4-8-14(11-12)13-6-2-1-3-7-13/h2,4-8,11,15H,1,3,9-10H2. The van der Waals surface area contributed by atoms with Crippen LogP contribution in [0.25, 0.3) is 5.57 Å². The van der Waals surface area contributed by atoms with E-state index in [1.54, 1.807) is 0 Å². The molecule has 0 aromatic heterocycles. The lowest BCUT2D eigenvalue weighted by Gasteiger charge is -2.08. The van der Waals surface area contributed by atoms with E-state index in [1.807, 2.05) is 0 Å². The summed E-state index contributed by atoms with van der Waals surface area (Å²) in [5, 5.41) is 8.89. The Bertz CT molecular complexity index is 388. The van der Waals surface area contributed by atoms with Crippen molar-refractivity contribution in [2.45, 2.75) is 19.3 Å². The molecule has 1 nitrogen and oxygen atoms in total. The third-order valence-electron chi connectivity index (χ3n) is 2.66. The summed E-state index contributed by atoms with van der Waals surface area (Å²) in [4.78, 5) is 0. The van der Waals surface area contributed by atoms with Crippen molar-refractivity contribution in [3.05, 3.63) is 53.6 Å². The van der Waals surface area contributed by atoms with Crippen LogP contribution in [0, 0.1) is 0 Å². The molecule has 78 valence electrons. The molecule has 1 aliphatic carbocycles. The van der Waals surface area contributed by atoms with E-state index in [0.29, 0.717) is 0 Å². The van der Waals surface area contributed by atoms with E-state index >= 15 is 0 Å². The van der Waals surface area contributed by atoms with Crippen LogP contribution in [0.3, 0.4) is 0 Å². The largest absolute Gasteiger partial charge is 0.396 e. The van der Waals surface area contributed by atoms with Crippen molar-refractivity contribution < 1.29 is 5.11 Å². The summed E-state index contributed by atoms with van der Waals surface area (Å²) in [5.74, 6) is 0. The van der Waals surface area contributed by atoms with Crippen molar-refractivity contribution >= 4 is 5.57 Å². The van der Waals surface area contributed by atoms with Gasteiger partial charge in [0.15, 0.2) is 0 Å². The molecule has 0 saturated carbocycles. The highest BCUT2D eigenvalue weighted by atomic mass is 16.2. The SMILES string of the molecule is OCCc1cccc(C2=CCCC=C2)c1. The van der Waals surface area contributed by atoms with E-state index in [2.05, 4.69) is 42.5 Å². The second kappa shape index (κ2) is 4.94. The van der Waals surface area contributed by atoms with Gasteiger partial charge in [-0.2, -0.15) is 0 Å². The van der Waals surface area contributed by atoms with Gasteiger partial charge in [0.2, 0.25) is 0 Å². The Kier molecular flexibility index (Phi) is 3.36. The first kappa shape index (κ1) is 10.2. The topological polar surface area (TPSA) is 20.2 Å². The smallest absolute Gasteiger partial charge is 0.0471 e. The molecule has 0 amide bonds. The fraction of sp³-hybridized carbons (Fsp3) is 0.286. The number of hydrogen-bond donors (Lipinski definition) is 1. The van der Waals surface area contributed by atoms with Gasteiger partial charge in [0.25, 0.3) is 0 Å². The molecule has 0 atom stereocenters. The van der Waals surface area contributed by atoms with Gasteiger partial charge in [-0.15, -0.1) is 0 Å². The summed E-state index contributed by atoms with van der Waals surface area (Å²) in [6, 6.07) is 8.41. The van der Waals surface area contributed by atoms with Crippen molar-refractivity contribution in [3.63, 3.8) is 0 Å². The van der Waals surface area contributed by atoms with E-state index in [9.17, 15) is 0 Å². The first-order chi connectivity index (χ1) is 7.40. The molecule has 1 aromatic rings. The van der Waals surface area contributed by atoms with Crippen LogP contribution in [0.15, 0.2) is 42.5 Å². The van der Waals surface area contributed by atoms with Crippen LogP contribution in [-0.4, -0.2) is 11.7 Å². The van der Waals surface area contributed by atoms with E-state index in [-0.39, 0.29) is 6.61 Å². The van der Waals surface area contributed by atoms with E-state index in [0.717, 1.165) is 19.3 Å². The van der Waals surface area contributed by atoms with Crippen LogP contribution < -0.4 is 0 Å². The third-order valence-corrected chi connectivity index (χ3v) is 2.66. The van der Waals surface area contributed by atoms with Crippen LogP contribution in [0.4, 0.5) is 0 Å². The normalized spacial score (nSPS) is 15.1. The molecule has 1 aliphatic rings. The maximum absolute atomic E-state index is 8.89. The van der Waals surface area contributed by atoms with Crippen LogP contribution in [-0.2, 0) is 6.42 Å². The molecule has 0 fully saturated rings. The average molecular weight is 200 g/mol. The molecule has 2 rings (SSSR count). The minimum Gasteiger partial charge on any atom is -0.396 e. The lowest BCUT2D eigenvalue weighted by Crippen LogP contribution is -1.92. The molecule has 1 N–H and O–H groups in total. The highest BCUT2D eigenvalue weighted by molar-refractivity contribution is 5.75. The molecule has 0 unspecified atom stereocenters. The zero-order valence-electron chi connectivity index (χ0n) is 8.82. The Labute approximate surface area is 90.8 Å². The predicted molar refractivity (Wildman–Crippen MR) is 63.6 cm³/mol. The zero-order valence-corrected chi connectivity index (χ0v) is 8.82. The zero-order chi connectivity index (χ0) is 10.5. The number of rotatable bonds is 3. The van der Waals surface area contributed by atoms with E-state index in [4.69, 9.17) is 5.11 Å². The van der Waals surface area contributed by atoms with Gasteiger partial charge >= 0.3 is 0 Å². The summed E-state index contributed by atoms with van der Waals surface area (Å²) in [6.07, 6.45) is 9.70. The van der Waals surface area contributed by atoms with Gasteiger partial charge in [-0.05, 0) is 36.0 Å². The van der Waals surface area contributed by atoms with Crippen LogP contribution in [0.1, 0.15) is 24.0 Å². The summed E-state index contributed by atoms with van der Waals surface area (Å²) in [7, 11) is 0. The Balaban J connectivity index is 2.24. The summed E-state index contributed by atoms with van der Waals surface area (Å²) >= 11 is 0.